The van der Waals surface area contributed by atoms with Gasteiger partial charge in [0.15, 0.2) is 0 Å². The quantitative estimate of drug-likeness (QED) is 0.825. The molecule has 0 unspecified atom stereocenters. The van der Waals surface area contributed by atoms with Crippen molar-refractivity contribution in [2.24, 2.45) is 5.73 Å². The van der Waals surface area contributed by atoms with E-state index < -0.39 is 5.82 Å². The van der Waals surface area contributed by atoms with Crippen molar-refractivity contribution >= 4 is 15.9 Å². The predicted molar refractivity (Wildman–Crippen MR) is 58.6 cm³/mol. The first-order valence-electron chi connectivity index (χ1n) is 4.94. The van der Waals surface area contributed by atoms with Crippen molar-refractivity contribution in [2.75, 3.05) is 6.54 Å². The summed E-state index contributed by atoms with van der Waals surface area (Å²) in [7, 11) is 0. The lowest BCUT2D eigenvalue weighted by Crippen LogP contribution is -2.42. The summed E-state index contributed by atoms with van der Waals surface area (Å²) in [5, 5.41) is 0. The zero-order valence-electron chi connectivity index (χ0n) is 8.19. The second-order valence-electron chi connectivity index (χ2n) is 4.09. The Balaban J connectivity index is 2.51. The van der Waals surface area contributed by atoms with Gasteiger partial charge in [-0.05, 0) is 46.5 Å². The van der Waals surface area contributed by atoms with E-state index in [9.17, 15) is 8.78 Å². The van der Waals surface area contributed by atoms with Crippen LogP contribution < -0.4 is 5.73 Å². The van der Waals surface area contributed by atoms with E-state index in [4.69, 9.17) is 5.73 Å². The maximum atomic E-state index is 13.8. The topological polar surface area (TPSA) is 26.0 Å². The van der Waals surface area contributed by atoms with Crippen LogP contribution in [0.25, 0.3) is 0 Å². The van der Waals surface area contributed by atoms with Gasteiger partial charge in [0, 0.05) is 12.0 Å². The van der Waals surface area contributed by atoms with Gasteiger partial charge in [0.25, 0.3) is 0 Å². The Kier molecular flexibility index (Phi) is 2.81. The van der Waals surface area contributed by atoms with E-state index in [0.717, 1.165) is 25.3 Å². The van der Waals surface area contributed by atoms with E-state index in [1.165, 1.54) is 6.07 Å². The Hall–Kier alpha value is -0.480. The predicted octanol–water partition coefficient (Wildman–Crippen LogP) is 3.11. The van der Waals surface area contributed by atoms with Gasteiger partial charge < -0.3 is 5.73 Å². The van der Waals surface area contributed by atoms with Crippen molar-refractivity contribution in [1.82, 2.24) is 0 Å². The van der Waals surface area contributed by atoms with Gasteiger partial charge in [0.05, 0.1) is 4.47 Å². The maximum absolute atomic E-state index is 13.8. The molecule has 1 nitrogen and oxygen atoms in total. The fraction of sp³-hybridized carbons (Fsp3) is 0.455. The van der Waals surface area contributed by atoms with Crippen molar-refractivity contribution in [3.8, 4) is 0 Å². The van der Waals surface area contributed by atoms with E-state index in [1.807, 2.05) is 0 Å². The smallest absolute Gasteiger partial charge is 0.141 e. The molecule has 2 N–H and O–H groups in total. The third-order valence-corrected chi connectivity index (χ3v) is 3.84. The lowest BCUT2D eigenvalue weighted by atomic mass is 9.64. The average Bonchev–Trinajstić information content (AvgIpc) is 2.12. The van der Waals surface area contributed by atoms with Crippen LogP contribution in [0.2, 0.25) is 0 Å². The molecule has 2 rings (SSSR count). The summed E-state index contributed by atoms with van der Waals surface area (Å²) in [6, 6.07) is 2.41. The molecular weight excluding hydrogens is 264 g/mol. The van der Waals surface area contributed by atoms with E-state index in [0.29, 0.717) is 12.1 Å². The molecule has 1 aromatic rings. The third kappa shape index (κ3) is 1.70. The Morgan fingerprint density at radius 2 is 2.00 bits per heavy atom. The largest absolute Gasteiger partial charge is 0.330 e. The maximum Gasteiger partial charge on any atom is 0.141 e. The normalized spacial score (nSPS) is 18.7. The van der Waals surface area contributed by atoms with Crippen LogP contribution in [0, 0.1) is 11.6 Å². The molecule has 1 fully saturated rings. The molecule has 1 aliphatic carbocycles. The van der Waals surface area contributed by atoms with Crippen LogP contribution in [0.1, 0.15) is 24.8 Å². The number of nitrogens with two attached hydrogens (primary N) is 1. The van der Waals surface area contributed by atoms with E-state index in [2.05, 4.69) is 15.9 Å². The van der Waals surface area contributed by atoms with Crippen molar-refractivity contribution in [3.05, 3.63) is 33.8 Å². The second kappa shape index (κ2) is 3.83. The fourth-order valence-electron chi connectivity index (χ4n) is 2.13. The van der Waals surface area contributed by atoms with Crippen molar-refractivity contribution in [2.45, 2.75) is 24.7 Å². The molecule has 0 spiro atoms. The van der Waals surface area contributed by atoms with E-state index >= 15 is 0 Å². The average molecular weight is 276 g/mol. The fourth-order valence-corrected chi connectivity index (χ4v) is 2.56. The Labute approximate surface area is 95.8 Å². The highest BCUT2D eigenvalue weighted by Crippen LogP contribution is 2.45. The van der Waals surface area contributed by atoms with Crippen molar-refractivity contribution in [1.29, 1.82) is 0 Å². The molecular formula is C11H12BrF2N. The number of rotatable bonds is 2. The van der Waals surface area contributed by atoms with Gasteiger partial charge in [0.1, 0.15) is 11.6 Å². The highest BCUT2D eigenvalue weighted by molar-refractivity contribution is 9.10. The minimum absolute atomic E-state index is 0.178. The lowest BCUT2D eigenvalue weighted by molar-refractivity contribution is 0.243. The first kappa shape index (κ1) is 11.0. The van der Waals surface area contributed by atoms with E-state index in [1.54, 1.807) is 0 Å². The van der Waals surface area contributed by atoms with Crippen LogP contribution in [0.15, 0.2) is 16.6 Å². The molecule has 82 valence electrons. The van der Waals surface area contributed by atoms with Crippen LogP contribution in [0.3, 0.4) is 0 Å². The molecule has 0 aliphatic heterocycles. The molecule has 0 heterocycles. The van der Waals surface area contributed by atoms with Crippen LogP contribution in [0.5, 0.6) is 0 Å². The van der Waals surface area contributed by atoms with E-state index in [-0.39, 0.29) is 15.7 Å². The number of hydrogen-bond donors (Lipinski definition) is 1. The molecule has 15 heavy (non-hydrogen) atoms. The van der Waals surface area contributed by atoms with Gasteiger partial charge in [-0.15, -0.1) is 0 Å². The monoisotopic (exact) mass is 275 g/mol. The minimum atomic E-state index is -0.419. The summed E-state index contributed by atoms with van der Waals surface area (Å²) >= 11 is 3.02. The molecule has 0 radical (unpaired) electrons. The molecule has 0 amide bonds. The highest BCUT2D eigenvalue weighted by atomic mass is 79.9. The molecule has 1 aliphatic rings. The Bertz CT molecular complexity index is 383. The zero-order valence-corrected chi connectivity index (χ0v) is 9.78. The van der Waals surface area contributed by atoms with Gasteiger partial charge in [-0.2, -0.15) is 0 Å². The molecule has 4 heteroatoms. The van der Waals surface area contributed by atoms with Crippen LogP contribution in [-0.2, 0) is 5.41 Å². The number of benzene rings is 1. The summed E-state index contributed by atoms with van der Waals surface area (Å²) in [5.41, 5.74) is 5.75. The summed E-state index contributed by atoms with van der Waals surface area (Å²) < 4.78 is 27.2. The third-order valence-electron chi connectivity index (χ3n) is 3.27. The number of halogens is 3. The van der Waals surface area contributed by atoms with Gasteiger partial charge in [-0.25, -0.2) is 8.78 Å². The van der Waals surface area contributed by atoms with Crippen LogP contribution >= 0.6 is 15.9 Å². The lowest BCUT2D eigenvalue weighted by Gasteiger charge is -2.41. The van der Waals surface area contributed by atoms with Crippen LogP contribution in [-0.4, -0.2) is 6.54 Å². The summed E-state index contributed by atoms with van der Waals surface area (Å²) in [6.45, 7) is 0.375. The molecule has 1 saturated carbocycles. The van der Waals surface area contributed by atoms with Gasteiger partial charge in [0.2, 0.25) is 0 Å². The second-order valence-corrected chi connectivity index (χ2v) is 4.94. The zero-order chi connectivity index (χ0) is 11.1. The number of hydrogen-bond acceptors (Lipinski definition) is 1. The molecule has 1 aromatic carbocycles. The first-order valence-corrected chi connectivity index (χ1v) is 5.73. The van der Waals surface area contributed by atoms with Gasteiger partial charge >= 0.3 is 0 Å². The molecule has 0 atom stereocenters. The summed E-state index contributed by atoms with van der Waals surface area (Å²) in [5.74, 6) is -0.792. The van der Waals surface area contributed by atoms with Crippen LogP contribution in [0.4, 0.5) is 8.78 Å². The van der Waals surface area contributed by atoms with Gasteiger partial charge in [-0.1, -0.05) is 6.42 Å². The Morgan fingerprint density at radius 3 is 2.47 bits per heavy atom. The SMILES string of the molecule is NCC1(c2cc(F)cc(Br)c2F)CCC1. The van der Waals surface area contributed by atoms with Gasteiger partial charge in [-0.3, -0.25) is 0 Å². The molecule has 0 aromatic heterocycles. The highest BCUT2D eigenvalue weighted by Gasteiger charge is 2.40. The minimum Gasteiger partial charge on any atom is -0.330 e. The standard InChI is InChI=1S/C11H12BrF2N/c12-9-5-7(13)4-8(10(9)14)11(6-15)2-1-3-11/h4-5H,1-3,6,15H2. The van der Waals surface area contributed by atoms with Crippen molar-refractivity contribution in [3.63, 3.8) is 0 Å². The Morgan fingerprint density at radius 1 is 1.33 bits per heavy atom. The summed E-state index contributed by atoms with van der Waals surface area (Å²) in [4.78, 5) is 0. The first-order chi connectivity index (χ1) is 7.09. The molecule has 0 bridgehead atoms. The summed E-state index contributed by atoms with van der Waals surface area (Å²) in [6.07, 6.45) is 2.72. The van der Waals surface area contributed by atoms with Crippen molar-refractivity contribution < 1.29 is 8.78 Å². The molecule has 0 saturated heterocycles.